The normalized spacial score (nSPS) is 11.6. The summed E-state index contributed by atoms with van der Waals surface area (Å²) < 4.78 is 9.29. The first-order chi connectivity index (χ1) is 13.5. The van der Waals surface area contributed by atoms with E-state index in [1.54, 1.807) is 32.2 Å². The minimum absolute atomic E-state index is 0.439. The van der Waals surface area contributed by atoms with Crippen LogP contribution in [0.25, 0.3) is 11.6 Å². The summed E-state index contributed by atoms with van der Waals surface area (Å²) in [6, 6.07) is 7.98. The second-order valence-electron chi connectivity index (χ2n) is 7.20. The van der Waals surface area contributed by atoms with Crippen molar-refractivity contribution in [2.24, 2.45) is 0 Å². The fourth-order valence-electron chi connectivity index (χ4n) is 3.08. The van der Waals surface area contributed by atoms with Crippen LogP contribution >= 0.6 is 0 Å². The van der Waals surface area contributed by atoms with Crippen LogP contribution in [0.15, 0.2) is 61.7 Å². The molecule has 0 N–H and O–H groups in total. The molecule has 4 rings (SSSR count). The molecule has 28 heavy (non-hydrogen) atoms. The Balaban J connectivity index is 1.83. The Hall–Kier alpha value is -3.48. The van der Waals surface area contributed by atoms with Gasteiger partial charge in [-0.1, -0.05) is 0 Å². The zero-order valence-corrected chi connectivity index (χ0v) is 16.4. The first kappa shape index (κ1) is 17.9. The lowest BCUT2D eigenvalue weighted by Crippen LogP contribution is -2.24. The van der Waals surface area contributed by atoms with Crippen LogP contribution in [0.4, 0.5) is 0 Å². The minimum Gasteiger partial charge on any atom is -0.497 e. The van der Waals surface area contributed by atoms with E-state index < -0.39 is 5.41 Å². The molecule has 0 aliphatic heterocycles. The van der Waals surface area contributed by atoms with Crippen molar-refractivity contribution in [1.29, 1.82) is 0 Å². The number of hydrogen-bond acceptors (Lipinski definition) is 5. The van der Waals surface area contributed by atoms with E-state index in [9.17, 15) is 0 Å². The molecule has 4 aromatic rings. The first-order valence-electron chi connectivity index (χ1n) is 9.00. The summed E-state index contributed by atoms with van der Waals surface area (Å²) in [6.07, 6.45) is 10.7. The van der Waals surface area contributed by atoms with Gasteiger partial charge in [-0.15, -0.1) is 0 Å². The van der Waals surface area contributed by atoms with E-state index in [2.05, 4.69) is 36.8 Å². The lowest BCUT2D eigenvalue weighted by Gasteiger charge is -2.26. The van der Waals surface area contributed by atoms with Gasteiger partial charge in [-0.2, -0.15) is 0 Å². The molecule has 7 nitrogen and oxygen atoms in total. The van der Waals surface area contributed by atoms with Gasteiger partial charge in [0.25, 0.3) is 0 Å². The third-order valence-corrected chi connectivity index (χ3v) is 4.80. The molecule has 0 amide bonds. The van der Waals surface area contributed by atoms with Gasteiger partial charge >= 0.3 is 0 Å². The zero-order chi connectivity index (χ0) is 19.7. The Morgan fingerprint density at radius 1 is 0.821 bits per heavy atom. The maximum Gasteiger partial charge on any atom is 0.141 e. The number of pyridine rings is 2. The number of methoxy groups -OCH3 is 1. The van der Waals surface area contributed by atoms with Gasteiger partial charge < -0.3 is 4.74 Å². The average molecular weight is 374 g/mol. The summed E-state index contributed by atoms with van der Waals surface area (Å²) in [5, 5.41) is 0. The van der Waals surface area contributed by atoms with Gasteiger partial charge in [0.2, 0.25) is 0 Å². The Morgan fingerprint density at radius 2 is 1.39 bits per heavy atom. The number of rotatable bonds is 5. The Bertz CT molecular complexity index is 1080. The third kappa shape index (κ3) is 3.26. The largest absolute Gasteiger partial charge is 0.497 e. The van der Waals surface area contributed by atoms with Crippen LogP contribution in [0, 0.1) is 6.92 Å². The average Bonchev–Trinajstić information content (AvgIpc) is 3.41. The third-order valence-electron chi connectivity index (χ3n) is 4.80. The van der Waals surface area contributed by atoms with Crippen LogP contribution in [0.2, 0.25) is 0 Å². The molecule has 0 aliphatic carbocycles. The lowest BCUT2D eigenvalue weighted by atomic mass is 9.84. The minimum atomic E-state index is -0.439. The van der Waals surface area contributed by atoms with Crippen molar-refractivity contribution in [3.8, 4) is 17.4 Å². The standard InChI is InChI=1S/C21H22N6O/c1-15-9-17(24-19(10-15)26-7-5-22-13-26)21(2,3)18-11-16(28-4)12-20(25-18)27-8-6-23-14-27/h5-14H,1-4H3. The van der Waals surface area contributed by atoms with Crippen LogP contribution < -0.4 is 4.74 Å². The highest BCUT2D eigenvalue weighted by molar-refractivity contribution is 5.42. The molecule has 142 valence electrons. The molecule has 0 radical (unpaired) electrons. The number of aromatic nitrogens is 6. The number of hydrogen-bond donors (Lipinski definition) is 0. The second kappa shape index (κ2) is 6.92. The Kier molecular flexibility index (Phi) is 4.43. The molecule has 0 aromatic carbocycles. The molecule has 0 saturated heterocycles. The SMILES string of the molecule is COc1cc(-n2ccnc2)nc(C(C)(C)c2cc(C)cc(-n3ccnc3)n2)c1. The fraction of sp³-hybridized carbons (Fsp3) is 0.238. The lowest BCUT2D eigenvalue weighted by molar-refractivity contribution is 0.411. The summed E-state index contributed by atoms with van der Waals surface area (Å²) in [5.41, 5.74) is 2.48. The van der Waals surface area contributed by atoms with Crippen molar-refractivity contribution in [1.82, 2.24) is 29.1 Å². The summed E-state index contributed by atoms with van der Waals surface area (Å²) in [4.78, 5) is 18.0. The maximum absolute atomic E-state index is 5.52. The molecule has 4 aromatic heterocycles. The molecular formula is C21H22N6O. The maximum atomic E-state index is 5.52. The van der Waals surface area contributed by atoms with Gasteiger partial charge in [-0.3, -0.25) is 9.13 Å². The smallest absolute Gasteiger partial charge is 0.141 e. The van der Waals surface area contributed by atoms with E-state index in [1.807, 2.05) is 39.7 Å². The van der Waals surface area contributed by atoms with Crippen molar-refractivity contribution in [2.45, 2.75) is 26.2 Å². The molecule has 0 unspecified atom stereocenters. The molecule has 0 fully saturated rings. The predicted octanol–water partition coefficient (Wildman–Crippen LogP) is 3.49. The van der Waals surface area contributed by atoms with E-state index in [4.69, 9.17) is 14.7 Å². The van der Waals surface area contributed by atoms with E-state index in [0.29, 0.717) is 0 Å². The molecule has 0 atom stereocenters. The number of imidazole rings is 2. The molecule has 7 heteroatoms. The van der Waals surface area contributed by atoms with Crippen LogP contribution in [-0.4, -0.2) is 36.2 Å². The quantitative estimate of drug-likeness (QED) is 0.535. The van der Waals surface area contributed by atoms with E-state index in [1.165, 1.54) is 0 Å². The van der Waals surface area contributed by atoms with Crippen LogP contribution in [-0.2, 0) is 5.41 Å². The van der Waals surface area contributed by atoms with Crippen molar-refractivity contribution in [3.63, 3.8) is 0 Å². The molecular weight excluding hydrogens is 352 g/mol. The first-order valence-corrected chi connectivity index (χ1v) is 9.00. The van der Waals surface area contributed by atoms with Gasteiger partial charge in [0.15, 0.2) is 0 Å². The molecule has 0 saturated carbocycles. The summed E-state index contributed by atoms with van der Waals surface area (Å²) in [7, 11) is 1.66. The highest BCUT2D eigenvalue weighted by Crippen LogP contribution is 2.33. The summed E-state index contributed by atoms with van der Waals surface area (Å²) >= 11 is 0. The number of ether oxygens (including phenoxy) is 1. The van der Waals surface area contributed by atoms with Crippen LogP contribution in [0.5, 0.6) is 5.75 Å². The fourth-order valence-corrected chi connectivity index (χ4v) is 3.08. The summed E-state index contributed by atoms with van der Waals surface area (Å²) in [5.74, 6) is 2.32. The van der Waals surface area contributed by atoms with E-state index in [0.717, 1.165) is 34.3 Å². The van der Waals surface area contributed by atoms with E-state index >= 15 is 0 Å². The van der Waals surface area contributed by atoms with Gasteiger partial charge in [0, 0.05) is 42.3 Å². The zero-order valence-electron chi connectivity index (χ0n) is 16.4. The Labute approximate surface area is 163 Å². The highest BCUT2D eigenvalue weighted by Gasteiger charge is 2.28. The summed E-state index contributed by atoms with van der Waals surface area (Å²) in [6.45, 7) is 6.30. The van der Waals surface area contributed by atoms with Gasteiger partial charge in [-0.25, -0.2) is 19.9 Å². The van der Waals surface area contributed by atoms with Crippen LogP contribution in [0.1, 0.15) is 30.8 Å². The predicted molar refractivity (Wildman–Crippen MR) is 106 cm³/mol. The van der Waals surface area contributed by atoms with Gasteiger partial charge in [0.05, 0.1) is 18.5 Å². The van der Waals surface area contributed by atoms with Crippen molar-refractivity contribution < 1.29 is 4.74 Å². The molecule has 0 bridgehead atoms. The van der Waals surface area contributed by atoms with Gasteiger partial charge in [0.1, 0.15) is 30.0 Å². The Morgan fingerprint density at radius 3 is 1.93 bits per heavy atom. The highest BCUT2D eigenvalue weighted by atomic mass is 16.5. The van der Waals surface area contributed by atoms with E-state index in [-0.39, 0.29) is 0 Å². The van der Waals surface area contributed by atoms with Crippen molar-refractivity contribution in [3.05, 3.63) is 78.7 Å². The molecule has 0 spiro atoms. The number of aryl methyl sites for hydroxylation is 1. The topological polar surface area (TPSA) is 70.7 Å². The second-order valence-corrected chi connectivity index (χ2v) is 7.20. The van der Waals surface area contributed by atoms with Crippen molar-refractivity contribution in [2.75, 3.05) is 7.11 Å². The molecule has 0 aliphatic rings. The number of nitrogens with zero attached hydrogens (tertiary/aromatic N) is 6. The van der Waals surface area contributed by atoms with Gasteiger partial charge in [-0.05, 0) is 38.5 Å². The van der Waals surface area contributed by atoms with Crippen molar-refractivity contribution >= 4 is 0 Å². The molecule has 4 heterocycles. The monoisotopic (exact) mass is 374 g/mol. The van der Waals surface area contributed by atoms with Crippen LogP contribution in [0.3, 0.4) is 0 Å².